The third-order valence-corrected chi connectivity index (χ3v) is 3.36. The van der Waals surface area contributed by atoms with Gasteiger partial charge in [0, 0.05) is 0 Å². The number of carbonyl (C=O) groups is 2. The fourth-order valence-corrected chi connectivity index (χ4v) is 2.12. The van der Waals surface area contributed by atoms with Crippen molar-refractivity contribution in [1.82, 2.24) is 0 Å². The number of methoxy groups -OCH3 is 1. The van der Waals surface area contributed by atoms with Gasteiger partial charge in [-0.1, -0.05) is 30.3 Å². The van der Waals surface area contributed by atoms with Gasteiger partial charge in [0.15, 0.2) is 0 Å². The highest BCUT2D eigenvalue weighted by atomic mass is 16.6. The zero-order valence-electron chi connectivity index (χ0n) is 14.2. The molecule has 140 valence electrons. The molecule has 0 aliphatic carbocycles. The van der Waals surface area contributed by atoms with Crippen molar-refractivity contribution in [1.29, 1.82) is 0 Å². The Morgan fingerprint density at radius 3 is 2.52 bits per heavy atom. The Bertz CT molecular complexity index is 879. The number of ether oxygens (including phenoxy) is 2. The summed E-state index contributed by atoms with van der Waals surface area (Å²) in [5, 5.41) is 22.6. The summed E-state index contributed by atoms with van der Waals surface area (Å²) in [5.74, 6) is -2.14. The molecule has 0 heterocycles. The van der Waals surface area contributed by atoms with Gasteiger partial charge in [0.25, 0.3) is 5.69 Å². The minimum atomic E-state index is -1.41. The standard InChI is InChI=1S/C18H16N2O7/c1-26-18(23)15(10-17(21)22)19-14-8-7-13(9-16(14)20(24)25)27-11-12-5-3-2-4-6-12/h2-10,19H,11H2,1H3,(H,21,22). The van der Waals surface area contributed by atoms with Crippen molar-refractivity contribution in [2.75, 3.05) is 12.4 Å². The Labute approximate surface area is 154 Å². The molecule has 0 aliphatic heterocycles. The molecule has 9 heteroatoms. The van der Waals surface area contributed by atoms with Gasteiger partial charge in [-0.3, -0.25) is 10.1 Å². The molecule has 0 unspecified atom stereocenters. The van der Waals surface area contributed by atoms with E-state index in [-0.39, 0.29) is 23.7 Å². The summed E-state index contributed by atoms with van der Waals surface area (Å²) in [6.07, 6.45) is 0.565. The number of nitrogens with one attached hydrogen (secondary N) is 1. The second kappa shape index (κ2) is 8.99. The van der Waals surface area contributed by atoms with Crippen molar-refractivity contribution in [2.24, 2.45) is 0 Å². The van der Waals surface area contributed by atoms with Gasteiger partial charge in [-0.25, -0.2) is 9.59 Å². The molecule has 0 radical (unpaired) electrons. The summed E-state index contributed by atoms with van der Waals surface area (Å²) >= 11 is 0. The zero-order chi connectivity index (χ0) is 19.8. The van der Waals surface area contributed by atoms with E-state index in [9.17, 15) is 19.7 Å². The normalized spacial score (nSPS) is 10.8. The van der Waals surface area contributed by atoms with Gasteiger partial charge in [-0.05, 0) is 17.7 Å². The Hall–Kier alpha value is -3.88. The van der Waals surface area contributed by atoms with E-state index in [1.54, 1.807) is 0 Å². The molecule has 0 aliphatic rings. The molecule has 2 N–H and O–H groups in total. The molecule has 0 saturated carbocycles. The summed E-state index contributed by atoms with van der Waals surface area (Å²) in [7, 11) is 1.06. The summed E-state index contributed by atoms with van der Waals surface area (Å²) < 4.78 is 10.0. The smallest absolute Gasteiger partial charge is 0.354 e. The molecule has 0 amide bonds. The fourth-order valence-electron chi connectivity index (χ4n) is 2.12. The van der Waals surface area contributed by atoms with Gasteiger partial charge in [0.1, 0.15) is 23.7 Å². The minimum absolute atomic E-state index is 0.0787. The molecule has 0 spiro atoms. The van der Waals surface area contributed by atoms with E-state index in [1.165, 1.54) is 18.2 Å². The number of esters is 1. The van der Waals surface area contributed by atoms with E-state index in [2.05, 4.69) is 10.1 Å². The molecule has 27 heavy (non-hydrogen) atoms. The number of benzene rings is 2. The van der Waals surface area contributed by atoms with Gasteiger partial charge >= 0.3 is 11.9 Å². The predicted molar refractivity (Wildman–Crippen MR) is 95.2 cm³/mol. The number of rotatable bonds is 8. The molecule has 2 rings (SSSR count). The van der Waals surface area contributed by atoms with Crippen LogP contribution in [0.15, 0.2) is 60.3 Å². The van der Waals surface area contributed by atoms with E-state index < -0.39 is 22.6 Å². The number of nitrogens with zero attached hydrogens (tertiary/aromatic N) is 1. The highest BCUT2D eigenvalue weighted by Gasteiger charge is 2.20. The first-order chi connectivity index (χ1) is 12.9. The Balaban J connectivity index is 2.25. The van der Waals surface area contributed by atoms with Crippen LogP contribution in [0.5, 0.6) is 5.75 Å². The van der Waals surface area contributed by atoms with Crippen molar-refractivity contribution in [3.8, 4) is 5.75 Å². The Morgan fingerprint density at radius 1 is 1.22 bits per heavy atom. The third kappa shape index (κ3) is 5.56. The van der Waals surface area contributed by atoms with Crippen LogP contribution in [0.4, 0.5) is 11.4 Å². The first-order valence-electron chi connectivity index (χ1n) is 7.66. The number of anilines is 1. The molecule has 2 aromatic rings. The second-order valence-electron chi connectivity index (χ2n) is 5.22. The number of hydrogen-bond acceptors (Lipinski definition) is 7. The Morgan fingerprint density at radius 2 is 1.93 bits per heavy atom. The van der Waals surface area contributed by atoms with E-state index >= 15 is 0 Å². The quantitative estimate of drug-likeness (QED) is 0.313. The van der Waals surface area contributed by atoms with Crippen molar-refractivity contribution in [2.45, 2.75) is 6.61 Å². The third-order valence-electron chi connectivity index (χ3n) is 3.36. The van der Waals surface area contributed by atoms with Crippen LogP contribution in [0.25, 0.3) is 0 Å². The van der Waals surface area contributed by atoms with Gasteiger partial charge in [-0.15, -0.1) is 0 Å². The van der Waals surface area contributed by atoms with Gasteiger partial charge in [0.2, 0.25) is 0 Å². The lowest BCUT2D eigenvalue weighted by Crippen LogP contribution is -2.15. The number of aliphatic carboxylic acids is 1. The topological polar surface area (TPSA) is 128 Å². The molecule has 9 nitrogen and oxygen atoms in total. The summed E-state index contributed by atoms with van der Waals surface area (Å²) in [6.45, 7) is 0.219. The molecule has 2 aromatic carbocycles. The van der Waals surface area contributed by atoms with Crippen LogP contribution in [0, 0.1) is 10.1 Å². The van der Waals surface area contributed by atoms with Crippen LogP contribution in [0.2, 0.25) is 0 Å². The average molecular weight is 372 g/mol. The lowest BCUT2D eigenvalue weighted by atomic mass is 10.2. The van der Waals surface area contributed by atoms with E-state index in [1.807, 2.05) is 30.3 Å². The fraction of sp³-hybridized carbons (Fsp3) is 0.111. The molecule has 0 atom stereocenters. The molecule has 0 fully saturated rings. The molecule has 0 bridgehead atoms. The molecular formula is C18H16N2O7. The maximum absolute atomic E-state index is 11.6. The van der Waals surface area contributed by atoms with Gasteiger partial charge < -0.3 is 19.9 Å². The SMILES string of the molecule is COC(=O)C(=CC(=O)O)Nc1ccc(OCc2ccccc2)cc1[N+](=O)[O-]. The monoisotopic (exact) mass is 372 g/mol. The largest absolute Gasteiger partial charge is 0.489 e. The average Bonchev–Trinajstić information content (AvgIpc) is 2.66. The maximum Gasteiger partial charge on any atom is 0.354 e. The maximum atomic E-state index is 11.6. The number of nitro benzene ring substituents is 1. The van der Waals surface area contributed by atoms with Gasteiger partial charge in [0.05, 0.1) is 24.2 Å². The van der Waals surface area contributed by atoms with Crippen molar-refractivity contribution in [3.05, 3.63) is 76.0 Å². The van der Waals surface area contributed by atoms with Crippen LogP contribution >= 0.6 is 0 Å². The predicted octanol–water partition coefficient (Wildman–Crippen LogP) is 2.73. The number of carboxylic acids is 1. The van der Waals surface area contributed by atoms with Crippen molar-refractivity contribution in [3.63, 3.8) is 0 Å². The van der Waals surface area contributed by atoms with Gasteiger partial charge in [-0.2, -0.15) is 0 Å². The zero-order valence-corrected chi connectivity index (χ0v) is 14.2. The van der Waals surface area contributed by atoms with E-state index in [4.69, 9.17) is 9.84 Å². The highest BCUT2D eigenvalue weighted by molar-refractivity contribution is 5.98. The van der Waals surface area contributed by atoms with E-state index in [0.717, 1.165) is 12.7 Å². The van der Waals surface area contributed by atoms with Crippen LogP contribution in [-0.2, 0) is 20.9 Å². The van der Waals surface area contributed by atoms with E-state index in [0.29, 0.717) is 6.08 Å². The number of carbonyl (C=O) groups excluding carboxylic acids is 1. The lowest BCUT2D eigenvalue weighted by molar-refractivity contribution is -0.384. The molecular weight excluding hydrogens is 356 g/mol. The number of nitro groups is 1. The minimum Gasteiger partial charge on any atom is -0.489 e. The van der Waals surface area contributed by atoms with Crippen LogP contribution in [-0.4, -0.2) is 29.1 Å². The lowest BCUT2D eigenvalue weighted by Gasteiger charge is -2.11. The van der Waals surface area contributed by atoms with Crippen molar-refractivity contribution < 1.29 is 29.1 Å². The second-order valence-corrected chi connectivity index (χ2v) is 5.22. The Kier molecular flexibility index (Phi) is 6.48. The highest BCUT2D eigenvalue weighted by Crippen LogP contribution is 2.30. The summed E-state index contributed by atoms with van der Waals surface area (Å²) in [5.41, 5.74) is -0.0310. The number of carboxylic acid groups (broad SMARTS) is 1. The number of hydrogen-bond donors (Lipinski definition) is 2. The summed E-state index contributed by atoms with van der Waals surface area (Å²) in [6, 6.07) is 13.2. The van der Waals surface area contributed by atoms with Crippen LogP contribution in [0.3, 0.4) is 0 Å². The van der Waals surface area contributed by atoms with Crippen molar-refractivity contribution >= 4 is 23.3 Å². The molecule has 0 aromatic heterocycles. The molecule has 0 saturated heterocycles. The van der Waals surface area contributed by atoms with Crippen LogP contribution < -0.4 is 10.1 Å². The first-order valence-corrected chi connectivity index (χ1v) is 7.66. The first kappa shape index (κ1) is 19.4. The summed E-state index contributed by atoms with van der Waals surface area (Å²) in [4.78, 5) is 33.2. The van der Waals surface area contributed by atoms with Crippen LogP contribution in [0.1, 0.15) is 5.56 Å².